The van der Waals surface area contributed by atoms with E-state index in [4.69, 9.17) is 31.2 Å². The zero-order valence-corrected chi connectivity index (χ0v) is 15.6. The third-order valence-corrected chi connectivity index (χ3v) is 4.23. The molecule has 1 amide bonds. The smallest absolute Gasteiger partial charge is 0.255 e. The van der Waals surface area contributed by atoms with Gasteiger partial charge < -0.3 is 19.6 Å². The molecule has 2 aromatic carbocycles. The lowest BCUT2D eigenvalue weighted by atomic mass is 10.1. The number of fused-ring (bicyclic) bond motifs is 1. The average molecular weight is 388 g/mol. The maximum Gasteiger partial charge on any atom is 0.255 e. The molecule has 0 fully saturated rings. The molecule has 0 aliphatic carbocycles. The third-order valence-electron chi connectivity index (χ3n) is 3.98. The molecular weight excluding hydrogens is 370 g/mol. The number of carbonyl (C=O) groups excluding carboxylic acids is 1. The van der Waals surface area contributed by atoms with E-state index in [0.717, 1.165) is 5.56 Å². The molecule has 0 radical (unpaired) electrons. The van der Waals surface area contributed by atoms with Crippen LogP contribution >= 0.6 is 11.6 Å². The highest BCUT2D eigenvalue weighted by Crippen LogP contribution is 2.30. The molecule has 1 heterocycles. The summed E-state index contributed by atoms with van der Waals surface area (Å²) in [7, 11) is 0. The van der Waals surface area contributed by atoms with Crippen LogP contribution in [0, 0.1) is 6.92 Å². The Balaban J connectivity index is 2.07. The number of hydrogen-bond donors (Lipinski definition) is 1. The minimum absolute atomic E-state index is 0.109. The zero-order chi connectivity index (χ0) is 19.6. The first-order valence-corrected chi connectivity index (χ1v) is 8.71. The van der Waals surface area contributed by atoms with E-state index in [0.29, 0.717) is 39.7 Å². The maximum atomic E-state index is 12.9. The first-order chi connectivity index (χ1) is 12.9. The first kappa shape index (κ1) is 18.8. The van der Waals surface area contributed by atoms with Crippen LogP contribution in [0.1, 0.15) is 18.2 Å². The largest absolute Gasteiger partial charge is 0.483 e. The Morgan fingerprint density at radius 2 is 1.93 bits per heavy atom. The van der Waals surface area contributed by atoms with E-state index in [1.807, 2.05) is 6.92 Å². The van der Waals surface area contributed by atoms with Gasteiger partial charge in [0.1, 0.15) is 22.8 Å². The lowest BCUT2D eigenvalue weighted by Gasteiger charge is -2.12. The molecule has 0 atom stereocenters. The number of primary amides is 1. The van der Waals surface area contributed by atoms with Gasteiger partial charge in [-0.15, -0.1) is 0 Å². The number of aryl methyl sites for hydroxylation is 2. The van der Waals surface area contributed by atoms with E-state index in [1.54, 1.807) is 43.3 Å². The lowest BCUT2D eigenvalue weighted by Crippen LogP contribution is -2.20. The summed E-state index contributed by atoms with van der Waals surface area (Å²) in [6.45, 7) is 3.31. The summed E-state index contributed by atoms with van der Waals surface area (Å²) in [6, 6.07) is 9.97. The fraction of sp³-hybridized carbons (Fsp3) is 0.200. The van der Waals surface area contributed by atoms with E-state index in [1.165, 1.54) is 0 Å². The molecular formula is C20H18ClNO5. The van der Waals surface area contributed by atoms with Crippen molar-refractivity contribution in [3.63, 3.8) is 0 Å². The summed E-state index contributed by atoms with van der Waals surface area (Å²) in [4.78, 5) is 23.9. The van der Waals surface area contributed by atoms with Crippen molar-refractivity contribution in [2.45, 2.75) is 20.3 Å². The van der Waals surface area contributed by atoms with Gasteiger partial charge in [0, 0.05) is 11.1 Å². The number of carbonyl (C=O) groups is 1. The van der Waals surface area contributed by atoms with Gasteiger partial charge >= 0.3 is 0 Å². The molecule has 0 aliphatic heterocycles. The van der Waals surface area contributed by atoms with Crippen LogP contribution in [0.5, 0.6) is 17.2 Å². The van der Waals surface area contributed by atoms with Gasteiger partial charge in [-0.1, -0.05) is 18.5 Å². The van der Waals surface area contributed by atoms with Crippen LogP contribution in [0.25, 0.3) is 11.0 Å². The number of hydrogen-bond acceptors (Lipinski definition) is 5. The van der Waals surface area contributed by atoms with Crippen molar-refractivity contribution in [3.05, 3.63) is 63.0 Å². The lowest BCUT2D eigenvalue weighted by molar-refractivity contribution is -0.119. The second-order valence-electron chi connectivity index (χ2n) is 5.94. The highest BCUT2D eigenvalue weighted by atomic mass is 35.5. The SMILES string of the molecule is CCc1cc2c(=O)c(Oc3ccc(Cl)cc3)c(C)oc2cc1OCC(N)=O. The molecule has 0 unspecified atom stereocenters. The van der Waals surface area contributed by atoms with Crippen molar-refractivity contribution in [1.82, 2.24) is 0 Å². The minimum Gasteiger partial charge on any atom is -0.483 e. The normalized spacial score (nSPS) is 10.8. The first-order valence-electron chi connectivity index (χ1n) is 8.34. The molecule has 2 N–H and O–H groups in total. The van der Waals surface area contributed by atoms with Gasteiger partial charge in [-0.3, -0.25) is 9.59 Å². The quantitative estimate of drug-likeness (QED) is 0.690. The Kier molecular flexibility index (Phi) is 5.37. The molecule has 0 aliphatic rings. The topological polar surface area (TPSA) is 91.8 Å². The summed E-state index contributed by atoms with van der Waals surface area (Å²) >= 11 is 5.87. The number of ether oxygens (including phenoxy) is 2. The monoisotopic (exact) mass is 387 g/mol. The predicted molar refractivity (Wildman–Crippen MR) is 103 cm³/mol. The third kappa shape index (κ3) is 4.06. The van der Waals surface area contributed by atoms with Crippen LogP contribution in [0.4, 0.5) is 0 Å². The molecule has 7 heteroatoms. The summed E-state index contributed by atoms with van der Waals surface area (Å²) in [5.74, 6) is 0.788. The van der Waals surface area contributed by atoms with Crippen molar-refractivity contribution >= 4 is 28.5 Å². The van der Waals surface area contributed by atoms with Crippen LogP contribution in [0.15, 0.2) is 45.6 Å². The molecule has 27 heavy (non-hydrogen) atoms. The summed E-state index contributed by atoms with van der Waals surface area (Å²) in [6.07, 6.45) is 0.602. The van der Waals surface area contributed by atoms with Crippen molar-refractivity contribution < 1.29 is 18.7 Å². The van der Waals surface area contributed by atoms with Crippen LogP contribution in [0.3, 0.4) is 0 Å². The minimum atomic E-state index is -0.582. The maximum absolute atomic E-state index is 12.9. The summed E-state index contributed by atoms with van der Waals surface area (Å²) in [5.41, 5.74) is 5.95. The fourth-order valence-electron chi connectivity index (χ4n) is 2.66. The van der Waals surface area contributed by atoms with E-state index in [2.05, 4.69) is 0 Å². The van der Waals surface area contributed by atoms with Crippen LogP contribution < -0.4 is 20.6 Å². The van der Waals surface area contributed by atoms with Gasteiger partial charge in [0.05, 0.1) is 5.39 Å². The number of amides is 1. The van der Waals surface area contributed by atoms with Gasteiger partial charge in [-0.05, 0) is 49.2 Å². The number of nitrogens with two attached hydrogens (primary N) is 1. The van der Waals surface area contributed by atoms with E-state index >= 15 is 0 Å². The van der Waals surface area contributed by atoms with Crippen molar-refractivity contribution in [2.24, 2.45) is 5.73 Å². The second-order valence-corrected chi connectivity index (χ2v) is 6.37. The van der Waals surface area contributed by atoms with Crippen LogP contribution in [-0.4, -0.2) is 12.5 Å². The molecule has 6 nitrogen and oxygen atoms in total. The average Bonchev–Trinajstić information content (AvgIpc) is 2.64. The Hall–Kier alpha value is -2.99. The molecule has 140 valence electrons. The van der Waals surface area contributed by atoms with Crippen molar-refractivity contribution in [3.8, 4) is 17.2 Å². The molecule has 3 aromatic rings. The van der Waals surface area contributed by atoms with Gasteiger partial charge in [0.15, 0.2) is 6.61 Å². The second kappa shape index (κ2) is 7.72. The molecule has 3 rings (SSSR count). The molecule has 1 aromatic heterocycles. The van der Waals surface area contributed by atoms with Gasteiger partial charge in [-0.2, -0.15) is 0 Å². The predicted octanol–water partition coefficient (Wildman–Crippen LogP) is 3.97. The van der Waals surface area contributed by atoms with E-state index in [-0.39, 0.29) is 17.8 Å². The van der Waals surface area contributed by atoms with Gasteiger partial charge in [0.2, 0.25) is 11.2 Å². The van der Waals surface area contributed by atoms with E-state index in [9.17, 15) is 9.59 Å². The highest BCUT2D eigenvalue weighted by Gasteiger charge is 2.17. The van der Waals surface area contributed by atoms with Crippen molar-refractivity contribution in [1.29, 1.82) is 0 Å². The Bertz CT molecular complexity index is 1060. The van der Waals surface area contributed by atoms with Crippen LogP contribution in [0.2, 0.25) is 5.02 Å². The Morgan fingerprint density at radius 3 is 2.56 bits per heavy atom. The van der Waals surface area contributed by atoms with Crippen molar-refractivity contribution in [2.75, 3.05) is 6.61 Å². The molecule has 0 saturated carbocycles. The summed E-state index contributed by atoms with van der Waals surface area (Å²) in [5, 5.41) is 0.938. The Morgan fingerprint density at radius 1 is 1.22 bits per heavy atom. The number of halogens is 1. The van der Waals surface area contributed by atoms with Gasteiger partial charge in [-0.25, -0.2) is 0 Å². The van der Waals surface area contributed by atoms with E-state index < -0.39 is 5.91 Å². The molecule has 0 spiro atoms. The van der Waals surface area contributed by atoms with Crippen LogP contribution in [-0.2, 0) is 11.2 Å². The highest BCUT2D eigenvalue weighted by molar-refractivity contribution is 6.30. The number of benzene rings is 2. The fourth-order valence-corrected chi connectivity index (χ4v) is 2.79. The number of rotatable bonds is 6. The Labute approximate surface area is 160 Å². The standard InChI is InChI=1S/C20H18ClNO5/c1-3-12-8-15-17(9-16(12)25-10-18(22)23)26-11(2)20(19(15)24)27-14-6-4-13(21)5-7-14/h4-9H,3,10H2,1-2H3,(H2,22,23). The summed E-state index contributed by atoms with van der Waals surface area (Å²) < 4.78 is 16.9. The zero-order valence-electron chi connectivity index (χ0n) is 14.9. The molecule has 0 bridgehead atoms. The molecule has 0 saturated heterocycles. The van der Waals surface area contributed by atoms with Gasteiger partial charge in [0.25, 0.3) is 5.91 Å².